The Kier molecular flexibility index (Phi) is 7.83. The number of rotatable bonds is 9. The number of aryl methyl sites for hydroxylation is 1. The van der Waals surface area contributed by atoms with Crippen molar-refractivity contribution in [3.05, 3.63) is 28.2 Å². The smallest absolute Gasteiger partial charge is 0.253 e. The SMILES string of the molecule is C#CCNC(CO)C(=O)NNCCCn1ccc(=O)c(O)c1C. The molecule has 0 bridgehead atoms. The van der Waals surface area contributed by atoms with E-state index in [9.17, 15) is 14.7 Å². The normalized spacial score (nSPS) is 11.7. The first-order chi connectivity index (χ1) is 11.0. The summed E-state index contributed by atoms with van der Waals surface area (Å²) in [5.74, 6) is 1.67. The Bertz CT molecular complexity index is 621. The Labute approximate surface area is 134 Å². The largest absolute Gasteiger partial charge is 0.503 e. The molecule has 1 aromatic rings. The highest BCUT2D eigenvalue weighted by Crippen LogP contribution is 2.09. The van der Waals surface area contributed by atoms with E-state index in [0.717, 1.165) is 0 Å². The molecule has 1 aromatic heterocycles. The van der Waals surface area contributed by atoms with Gasteiger partial charge in [-0.25, -0.2) is 5.43 Å². The molecule has 0 aliphatic carbocycles. The van der Waals surface area contributed by atoms with Gasteiger partial charge >= 0.3 is 0 Å². The molecular weight excluding hydrogens is 300 g/mol. The summed E-state index contributed by atoms with van der Waals surface area (Å²) < 4.78 is 1.76. The predicted octanol–water partition coefficient (Wildman–Crippen LogP) is -1.54. The number of aliphatic hydroxyl groups excluding tert-OH is 1. The first-order valence-electron chi connectivity index (χ1n) is 7.20. The molecule has 5 N–H and O–H groups in total. The summed E-state index contributed by atoms with van der Waals surface area (Å²) in [5.41, 5.74) is 5.32. The minimum absolute atomic E-state index is 0.188. The van der Waals surface area contributed by atoms with Gasteiger partial charge in [0, 0.05) is 25.4 Å². The van der Waals surface area contributed by atoms with Gasteiger partial charge in [-0.2, -0.15) is 0 Å². The van der Waals surface area contributed by atoms with Crippen LogP contribution in [0, 0.1) is 19.3 Å². The maximum atomic E-state index is 11.7. The number of carbonyl (C=O) groups is 1. The van der Waals surface area contributed by atoms with Crippen LogP contribution in [0.25, 0.3) is 0 Å². The third-order valence-electron chi connectivity index (χ3n) is 3.27. The molecule has 1 amide bonds. The lowest BCUT2D eigenvalue weighted by Gasteiger charge is -2.15. The third kappa shape index (κ3) is 5.75. The molecular formula is C15H22N4O4. The average Bonchev–Trinajstić information content (AvgIpc) is 2.55. The van der Waals surface area contributed by atoms with Crippen LogP contribution in [0.15, 0.2) is 17.1 Å². The van der Waals surface area contributed by atoms with Crippen molar-refractivity contribution < 1.29 is 15.0 Å². The number of aromatic hydroxyl groups is 1. The Balaban J connectivity index is 2.33. The van der Waals surface area contributed by atoms with E-state index in [2.05, 4.69) is 22.1 Å². The zero-order valence-electron chi connectivity index (χ0n) is 13.0. The topological polar surface area (TPSA) is 116 Å². The van der Waals surface area contributed by atoms with E-state index in [1.807, 2.05) is 0 Å². The van der Waals surface area contributed by atoms with Gasteiger partial charge in [-0.1, -0.05) is 5.92 Å². The van der Waals surface area contributed by atoms with Crippen LogP contribution < -0.4 is 21.6 Å². The van der Waals surface area contributed by atoms with Crippen molar-refractivity contribution in [1.82, 2.24) is 20.7 Å². The summed E-state index contributed by atoms with van der Waals surface area (Å²) in [5, 5.41) is 21.4. The standard InChI is InChI=1S/C15H22N4O4/c1-3-6-16-12(10-20)15(23)18-17-7-4-8-19-9-5-13(21)14(22)11(19)2/h1,5,9,12,16-17,20,22H,4,6-8,10H2,2H3,(H,18,23). The van der Waals surface area contributed by atoms with Gasteiger partial charge in [0.1, 0.15) is 6.04 Å². The molecule has 0 aromatic carbocycles. The van der Waals surface area contributed by atoms with E-state index in [-0.39, 0.29) is 18.9 Å². The van der Waals surface area contributed by atoms with Crippen molar-refractivity contribution in [2.45, 2.75) is 25.9 Å². The number of hydrogen-bond donors (Lipinski definition) is 5. The summed E-state index contributed by atoms with van der Waals surface area (Å²) in [6.45, 7) is 2.54. The minimum atomic E-state index is -0.767. The van der Waals surface area contributed by atoms with Gasteiger partial charge in [0.15, 0.2) is 5.75 Å². The molecule has 0 saturated heterocycles. The quantitative estimate of drug-likeness (QED) is 0.214. The Morgan fingerprint density at radius 2 is 2.26 bits per heavy atom. The lowest BCUT2D eigenvalue weighted by Crippen LogP contribution is -2.51. The molecule has 8 nitrogen and oxygen atoms in total. The van der Waals surface area contributed by atoms with Gasteiger partial charge in [0.2, 0.25) is 5.43 Å². The van der Waals surface area contributed by atoms with Crippen LogP contribution in [0.5, 0.6) is 5.75 Å². The van der Waals surface area contributed by atoms with Crippen molar-refractivity contribution in [1.29, 1.82) is 0 Å². The molecule has 1 atom stereocenters. The molecule has 0 radical (unpaired) electrons. The van der Waals surface area contributed by atoms with Crippen molar-refractivity contribution >= 4 is 5.91 Å². The van der Waals surface area contributed by atoms with E-state index >= 15 is 0 Å². The second-order valence-corrected chi connectivity index (χ2v) is 4.90. The molecule has 1 rings (SSSR count). The van der Waals surface area contributed by atoms with Crippen molar-refractivity contribution in [2.24, 2.45) is 0 Å². The zero-order valence-corrected chi connectivity index (χ0v) is 13.0. The minimum Gasteiger partial charge on any atom is -0.503 e. The number of hydrazine groups is 1. The Morgan fingerprint density at radius 1 is 1.52 bits per heavy atom. The maximum Gasteiger partial charge on any atom is 0.253 e. The van der Waals surface area contributed by atoms with E-state index < -0.39 is 17.4 Å². The zero-order chi connectivity index (χ0) is 17.2. The van der Waals surface area contributed by atoms with Crippen LogP contribution >= 0.6 is 0 Å². The Morgan fingerprint density at radius 3 is 2.91 bits per heavy atom. The monoisotopic (exact) mass is 322 g/mol. The summed E-state index contributed by atoms with van der Waals surface area (Å²) in [7, 11) is 0. The van der Waals surface area contributed by atoms with Gasteiger partial charge < -0.3 is 14.8 Å². The van der Waals surface area contributed by atoms with Crippen molar-refractivity contribution in [2.75, 3.05) is 19.7 Å². The van der Waals surface area contributed by atoms with E-state index in [1.165, 1.54) is 6.07 Å². The molecule has 0 fully saturated rings. The average molecular weight is 322 g/mol. The van der Waals surface area contributed by atoms with Crippen molar-refractivity contribution in [3.8, 4) is 18.1 Å². The molecule has 23 heavy (non-hydrogen) atoms. The molecule has 8 heteroatoms. The predicted molar refractivity (Wildman–Crippen MR) is 85.6 cm³/mol. The van der Waals surface area contributed by atoms with Crippen LogP contribution in [0.4, 0.5) is 0 Å². The van der Waals surface area contributed by atoms with E-state index in [4.69, 9.17) is 11.5 Å². The van der Waals surface area contributed by atoms with Crippen LogP contribution in [-0.2, 0) is 11.3 Å². The van der Waals surface area contributed by atoms with Gasteiger partial charge in [-0.3, -0.25) is 20.3 Å². The number of aliphatic hydroxyl groups is 1. The fourth-order valence-corrected chi connectivity index (χ4v) is 1.90. The number of nitrogens with zero attached hydrogens (tertiary/aromatic N) is 1. The summed E-state index contributed by atoms with van der Waals surface area (Å²) in [6.07, 6.45) is 7.35. The highest BCUT2D eigenvalue weighted by molar-refractivity contribution is 5.81. The van der Waals surface area contributed by atoms with Crippen molar-refractivity contribution in [3.63, 3.8) is 0 Å². The van der Waals surface area contributed by atoms with E-state index in [1.54, 1.807) is 17.7 Å². The number of amides is 1. The van der Waals surface area contributed by atoms with Crippen LogP contribution in [0.2, 0.25) is 0 Å². The molecule has 126 valence electrons. The second kappa shape index (κ2) is 9.63. The number of terminal acetylenes is 1. The number of carbonyl (C=O) groups excluding carboxylic acids is 1. The number of aromatic nitrogens is 1. The lowest BCUT2D eigenvalue weighted by molar-refractivity contribution is -0.125. The van der Waals surface area contributed by atoms with Gasteiger partial charge in [-0.05, 0) is 13.3 Å². The third-order valence-corrected chi connectivity index (χ3v) is 3.27. The summed E-state index contributed by atoms with van der Waals surface area (Å²) >= 11 is 0. The molecule has 1 unspecified atom stereocenters. The van der Waals surface area contributed by atoms with Gasteiger partial charge in [0.05, 0.1) is 18.8 Å². The van der Waals surface area contributed by atoms with Crippen LogP contribution in [-0.4, -0.2) is 46.4 Å². The highest BCUT2D eigenvalue weighted by atomic mass is 16.3. The highest BCUT2D eigenvalue weighted by Gasteiger charge is 2.15. The van der Waals surface area contributed by atoms with Crippen LogP contribution in [0.3, 0.4) is 0 Å². The molecule has 0 aliphatic rings. The molecule has 0 saturated carbocycles. The number of hydrogen-bond acceptors (Lipinski definition) is 6. The lowest BCUT2D eigenvalue weighted by atomic mass is 10.3. The fourth-order valence-electron chi connectivity index (χ4n) is 1.90. The first kappa shape index (κ1) is 18.7. The van der Waals surface area contributed by atoms with Gasteiger partial charge in [-0.15, -0.1) is 6.42 Å². The molecule has 0 aliphatic heterocycles. The maximum absolute atomic E-state index is 11.7. The molecule has 0 spiro atoms. The van der Waals surface area contributed by atoms with E-state index in [0.29, 0.717) is 25.2 Å². The van der Waals surface area contributed by atoms with Gasteiger partial charge in [0.25, 0.3) is 5.91 Å². The number of nitrogens with one attached hydrogen (secondary N) is 3. The Hall–Kier alpha value is -2.34. The summed E-state index contributed by atoms with van der Waals surface area (Å²) in [4.78, 5) is 23.0. The van der Waals surface area contributed by atoms with Crippen LogP contribution in [0.1, 0.15) is 12.1 Å². The fraction of sp³-hybridized carbons (Fsp3) is 0.467. The second-order valence-electron chi connectivity index (χ2n) is 4.90. The summed E-state index contributed by atoms with van der Waals surface area (Å²) in [6, 6.07) is 0.539. The first-order valence-corrected chi connectivity index (χ1v) is 7.20. The molecule has 1 heterocycles. The number of pyridine rings is 1.